The number of carbonyl (C=O) groups excluding carboxylic acids is 1. The number of rotatable bonds is 7. The van der Waals surface area contributed by atoms with Gasteiger partial charge in [0.2, 0.25) is 17.2 Å². The third kappa shape index (κ3) is 4.61. The molecule has 0 saturated heterocycles. The van der Waals surface area contributed by atoms with Gasteiger partial charge in [-0.25, -0.2) is 4.79 Å². The minimum Gasteiger partial charge on any atom is -0.504 e. The Morgan fingerprint density at radius 2 is 1.81 bits per heavy atom. The van der Waals surface area contributed by atoms with Gasteiger partial charge in [0.25, 0.3) is 0 Å². The van der Waals surface area contributed by atoms with Crippen LogP contribution >= 0.6 is 0 Å². The summed E-state index contributed by atoms with van der Waals surface area (Å²) in [4.78, 5) is 24.8. The van der Waals surface area contributed by atoms with Crippen LogP contribution in [0.4, 0.5) is 0 Å². The zero-order chi connectivity index (χ0) is 23.4. The summed E-state index contributed by atoms with van der Waals surface area (Å²) in [5.41, 5.74) is 1.12. The molecule has 3 rings (SSSR count). The molecule has 7 nitrogen and oxygen atoms in total. The van der Waals surface area contributed by atoms with E-state index in [4.69, 9.17) is 13.9 Å². The molecule has 32 heavy (non-hydrogen) atoms. The molecule has 0 amide bonds. The van der Waals surface area contributed by atoms with Gasteiger partial charge in [-0.3, -0.25) is 4.79 Å². The Morgan fingerprint density at radius 3 is 2.44 bits per heavy atom. The number of allylic oxidation sites excluding steroid dienone is 1. The zero-order valence-corrected chi connectivity index (χ0v) is 18.5. The summed E-state index contributed by atoms with van der Waals surface area (Å²) < 4.78 is 16.4. The van der Waals surface area contributed by atoms with Crippen molar-refractivity contribution >= 4 is 16.9 Å². The van der Waals surface area contributed by atoms with Crippen LogP contribution < -0.4 is 15.1 Å². The van der Waals surface area contributed by atoms with Crippen molar-refractivity contribution in [3.8, 4) is 34.1 Å². The highest BCUT2D eigenvalue weighted by atomic mass is 16.6. The van der Waals surface area contributed by atoms with Crippen LogP contribution in [0.1, 0.15) is 34.1 Å². The zero-order valence-electron chi connectivity index (χ0n) is 18.5. The van der Waals surface area contributed by atoms with Crippen LogP contribution in [-0.2, 0) is 4.79 Å². The fourth-order valence-corrected chi connectivity index (χ4v) is 3.06. The maximum absolute atomic E-state index is 12.4. The van der Waals surface area contributed by atoms with E-state index in [1.54, 1.807) is 37.3 Å². The van der Waals surface area contributed by atoms with Crippen molar-refractivity contribution in [2.24, 2.45) is 5.92 Å². The van der Waals surface area contributed by atoms with E-state index in [9.17, 15) is 19.8 Å². The Labute approximate surface area is 185 Å². The Balaban J connectivity index is 2.34. The van der Waals surface area contributed by atoms with Crippen LogP contribution in [0.2, 0.25) is 0 Å². The van der Waals surface area contributed by atoms with Crippen LogP contribution in [0, 0.1) is 5.92 Å². The Bertz CT molecular complexity index is 1220. The summed E-state index contributed by atoms with van der Waals surface area (Å²) in [5, 5.41) is 22.0. The first-order valence-corrected chi connectivity index (χ1v) is 10.3. The Morgan fingerprint density at radius 1 is 1.12 bits per heavy atom. The number of hydrogen-bond acceptors (Lipinski definition) is 7. The van der Waals surface area contributed by atoms with Crippen molar-refractivity contribution in [3.05, 3.63) is 58.5 Å². The molecule has 0 radical (unpaired) electrons. The minimum atomic E-state index is -0.688. The van der Waals surface area contributed by atoms with Crippen LogP contribution in [0.5, 0.6) is 23.0 Å². The number of benzene rings is 2. The van der Waals surface area contributed by atoms with Gasteiger partial charge in [0.15, 0.2) is 11.3 Å². The molecule has 0 aliphatic rings. The SMILES string of the molecule is CCC(C)C(=O)Oc1c(O)c(OCC=C(C)C)c2oc(=O)cc(-c3ccccc3)c2c1O. The molecule has 0 aliphatic heterocycles. The van der Waals surface area contributed by atoms with Gasteiger partial charge in [0, 0.05) is 11.6 Å². The van der Waals surface area contributed by atoms with E-state index in [1.165, 1.54) is 6.07 Å². The van der Waals surface area contributed by atoms with Crippen molar-refractivity contribution in [3.63, 3.8) is 0 Å². The first-order chi connectivity index (χ1) is 15.2. The number of esters is 1. The minimum absolute atomic E-state index is 0.0633. The molecule has 1 aromatic heterocycles. The van der Waals surface area contributed by atoms with E-state index in [0.717, 1.165) is 5.57 Å². The smallest absolute Gasteiger partial charge is 0.336 e. The monoisotopic (exact) mass is 438 g/mol. The third-order valence-corrected chi connectivity index (χ3v) is 5.07. The summed E-state index contributed by atoms with van der Waals surface area (Å²) in [7, 11) is 0. The van der Waals surface area contributed by atoms with E-state index >= 15 is 0 Å². The Kier molecular flexibility index (Phi) is 6.88. The van der Waals surface area contributed by atoms with E-state index in [1.807, 2.05) is 26.8 Å². The average molecular weight is 438 g/mol. The topological polar surface area (TPSA) is 106 Å². The second-order valence-electron chi connectivity index (χ2n) is 7.73. The molecule has 1 unspecified atom stereocenters. The number of fused-ring (bicyclic) bond motifs is 1. The lowest BCUT2D eigenvalue weighted by Crippen LogP contribution is -2.17. The summed E-state index contributed by atoms with van der Waals surface area (Å²) >= 11 is 0. The molecule has 0 spiro atoms. The van der Waals surface area contributed by atoms with Gasteiger partial charge in [-0.15, -0.1) is 0 Å². The maximum atomic E-state index is 12.4. The highest BCUT2D eigenvalue weighted by Crippen LogP contribution is 2.52. The summed E-state index contributed by atoms with van der Waals surface area (Å²) in [5.74, 6) is -2.86. The number of carbonyl (C=O) groups is 1. The number of aromatic hydroxyl groups is 2. The van der Waals surface area contributed by atoms with Crippen LogP contribution in [0.15, 0.2) is 57.3 Å². The highest BCUT2D eigenvalue weighted by Gasteiger charge is 2.29. The lowest BCUT2D eigenvalue weighted by molar-refractivity contribution is -0.138. The standard InChI is InChI=1S/C25H26O7/c1-5-15(4)25(29)32-23-20(27)19-17(16-9-7-6-8-10-16)13-18(26)31-22(19)24(21(23)28)30-12-11-14(2)3/h6-11,13,15,27-28H,5,12H2,1-4H3. The fraction of sp³-hybridized carbons (Fsp3) is 0.280. The van der Waals surface area contributed by atoms with Crippen molar-refractivity contribution in [1.29, 1.82) is 0 Å². The van der Waals surface area contributed by atoms with E-state index in [0.29, 0.717) is 17.5 Å². The van der Waals surface area contributed by atoms with Crippen LogP contribution in [-0.4, -0.2) is 22.8 Å². The third-order valence-electron chi connectivity index (χ3n) is 5.07. The molecule has 2 aromatic carbocycles. The van der Waals surface area contributed by atoms with Crippen LogP contribution in [0.25, 0.3) is 22.1 Å². The van der Waals surface area contributed by atoms with Gasteiger partial charge < -0.3 is 24.1 Å². The molecular formula is C25H26O7. The second kappa shape index (κ2) is 9.60. The average Bonchev–Trinajstić information content (AvgIpc) is 2.77. The molecule has 2 N–H and O–H groups in total. The predicted octanol–water partition coefficient (Wildman–Crippen LogP) is 5.17. The number of hydrogen-bond donors (Lipinski definition) is 2. The summed E-state index contributed by atoms with van der Waals surface area (Å²) in [6.45, 7) is 7.32. The quantitative estimate of drug-likeness (QED) is 0.227. The molecule has 1 heterocycles. The highest BCUT2D eigenvalue weighted by molar-refractivity contribution is 6.04. The van der Waals surface area contributed by atoms with Gasteiger partial charge in [-0.05, 0) is 31.9 Å². The molecule has 0 bridgehead atoms. The molecule has 168 valence electrons. The molecule has 3 aromatic rings. The molecule has 1 atom stereocenters. The first-order valence-electron chi connectivity index (χ1n) is 10.3. The molecule has 0 saturated carbocycles. The molecule has 7 heteroatoms. The predicted molar refractivity (Wildman–Crippen MR) is 121 cm³/mol. The molecule has 0 aliphatic carbocycles. The number of phenols is 2. The fourth-order valence-electron chi connectivity index (χ4n) is 3.06. The maximum Gasteiger partial charge on any atom is 0.336 e. The van der Waals surface area contributed by atoms with Gasteiger partial charge >= 0.3 is 11.6 Å². The largest absolute Gasteiger partial charge is 0.504 e. The van der Waals surface area contributed by atoms with Gasteiger partial charge in [0.1, 0.15) is 6.61 Å². The van der Waals surface area contributed by atoms with Gasteiger partial charge in [0.05, 0.1) is 11.3 Å². The summed E-state index contributed by atoms with van der Waals surface area (Å²) in [6.07, 6.45) is 2.28. The lowest BCUT2D eigenvalue weighted by atomic mass is 10.00. The molecule has 0 fully saturated rings. The van der Waals surface area contributed by atoms with Crippen LogP contribution in [0.3, 0.4) is 0 Å². The molecular weight excluding hydrogens is 412 g/mol. The Hall–Kier alpha value is -3.74. The first kappa shape index (κ1) is 22.9. The van der Waals surface area contributed by atoms with Crippen molar-refractivity contribution in [2.45, 2.75) is 34.1 Å². The van der Waals surface area contributed by atoms with E-state index in [2.05, 4.69) is 0 Å². The van der Waals surface area contributed by atoms with Crippen molar-refractivity contribution < 1.29 is 28.9 Å². The van der Waals surface area contributed by atoms with E-state index < -0.39 is 34.8 Å². The second-order valence-corrected chi connectivity index (χ2v) is 7.73. The van der Waals surface area contributed by atoms with E-state index in [-0.39, 0.29) is 23.3 Å². The van der Waals surface area contributed by atoms with Crippen molar-refractivity contribution in [1.82, 2.24) is 0 Å². The van der Waals surface area contributed by atoms with Gasteiger partial charge in [-0.1, -0.05) is 49.8 Å². The number of ether oxygens (including phenoxy) is 2. The number of phenolic OH excluding ortho intramolecular Hbond substituents is 2. The van der Waals surface area contributed by atoms with Crippen molar-refractivity contribution in [2.75, 3.05) is 6.61 Å². The normalized spacial score (nSPS) is 11.8. The van der Waals surface area contributed by atoms with Gasteiger partial charge in [-0.2, -0.15) is 0 Å². The lowest BCUT2D eigenvalue weighted by Gasteiger charge is -2.17. The summed E-state index contributed by atoms with van der Waals surface area (Å²) in [6, 6.07) is 10.1.